The molecule has 454 valence electrons. The number of benzene rings is 3. The number of fused-ring (bicyclic) bond motifs is 5. The molecule has 3 aromatic carbocycles. The summed E-state index contributed by atoms with van der Waals surface area (Å²) in [4.78, 5) is 8.04. The Kier molecular flexibility index (Phi) is 70.7. The van der Waals surface area contributed by atoms with Crippen molar-refractivity contribution < 1.29 is 33.1 Å². The average molecular weight is 1130 g/mol. The van der Waals surface area contributed by atoms with Crippen molar-refractivity contribution in [3.8, 4) is 0 Å². The summed E-state index contributed by atoms with van der Waals surface area (Å²) in [6.07, 6.45) is 12.6. The van der Waals surface area contributed by atoms with Crippen LogP contribution >= 0.6 is 0 Å². The molecule has 10 aromatic rings. The molecule has 10 rings (SSSR count). The summed E-state index contributed by atoms with van der Waals surface area (Å²) >= 11 is 0. The largest absolute Gasteiger partial charge is 0.618 e. The van der Waals surface area contributed by atoms with Gasteiger partial charge < -0.3 is 36.5 Å². The van der Waals surface area contributed by atoms with E-state index in [2.05, 4.69) is 9.97 Å². The van der Waals surface area contributed by atoms with E-state index in [1.54, 1.807) is 85.1 Å². The Bertz CT molecular complexity index is 2630. The van der Waals surface area contributed by atoms with E-state index < -0.39 is 0 Å². The van der Waals surface area contributed by atoms with E-state index in [9.17, 15) is 36.5 Å². The highest BCUT2D eigenvalue weighted by Gasteiger charge is 2.10. The topological polar surface area (TPSA) is 214 Å². The third-order valence-corrected chi connectivity index (χ3v) is 8.12. The minimum Gasteiger partial charge on any atom is -0.618 e. The maximum absolute atomic E-state index is 11.1. The van der Waals surface area contributed by atoms with Crippen LogP contribution in [-0.2, 0) is 0 Å². The second-order valence-corrected chi connectivity index (χ2v) is 11.8. The fourth-order valence-electron chi connectivity index (χ4n) is 5.41. The fourth-order valence-corrected chi connectivity index (χ4v) is 5.41. The van der Waals surface area contributed by atoms with Gasteiger partial charge in [0, 0.05) is 78.3 Å². The van der Waals surface area contributed by atoms with Crippen molar-refractivity contribution in [1.29, 1.82) is 0 Å². The predicted molar refractivity (Wildman–Crippen MR) is 348 cm³/mol. The van der Waals surface area contributed by atoms with E-state index in [4.69, 9.17) is 0 Å². The van der Waals surface area contributed by atoms with E-state index in [1.807, 2.05) is 193 Å². The highest BCUT2D eigenvalue weighted by molar-refractivity contribution is 5.75. The maximum Gasteiger partial charge on any atom is 0.290 e. The quantitative estimate of drug-likeness (QED) is 0.104. The molecule has 0 amide bonds. The molecule has 0 atom stereocenters. The highest BCUT2D eigenvalue weighted by atomic mass is 16.5. The van der Waals surface area contributed by atoms with Crippen molar-refractivity contribution in [2.45, 2.75) is 168 Å². The molecule has 0 radical (unpaired) electrons. The van der Waals surface area contributed by atoms with Crippen LogP contribution in [0.1, 0.15) is 168 Å². The minimum atomic E-state index is 0. The fraction of sp³-hybridized carbons (Fsp3) is 0.369. The summed E-state index contributed by atoms with van der Waals surface area (Å²) in [7, 11) is 0. The van der Waals surface area contributed by atoms with E-state index in [-0.39, 0.29) is 29.7 Å². The molecule has 7 heterocycles. The molecule has 16 heteroatoms. The van der Waals surface area contributed by atoms with E-state index >= 15 is 0 Å². The van der Waals surface area contributed by atoms with Gasteiger partial charge in [0.1, 0.15) is 11.0 Å². The average Bonchev–Trinajstić information content (AvgIpc) is 3.53. The first-order valence-electron chi connectivity index (χ1n) is 27.0. The Labute approximate surface area is 490 Å². The van der Waals surface area contributed by atoms with Gasteiger partial charge in [0.2, 0.25) is 28.9 Å². The van der Waals surface area contributed by atoms with Crippen LogP contribution in [0.15, 0.2) is 189 Å². The Morgan fingerprint density at radius 1 is 0.222 bits per heavy atom. The molecule has 0 spiro atoms. The molecule has 0 fully saturated rings. The molecule has 81 heavy (non-hydrogen) atoms. The van der Waals surface area contributed by atoms with Crippen molar-refractivity contribution in [2.75, 3.05) is 0 Å². The van der Waals surface area contributed by atoms with Crippen molar-refractivity contribution in [1.82, 2.24) is 9.97 Å². The first-order valence-corrected chi connectivity index (χ1v) is 27.0. The van der Waals surface area contributed by atoms with Gasteiger partial charge in [-0.3, -0.25) is 0 Å². The van der Waals surface area contributed by atoms with Crippen molar-refractivity contribution in [2.24, 2.45) is 0 Å². The van der Waals surface area contributed by atoms with E-state index in [1.165, 1.54) is 49.6 Å². The Balaban J connectivity index is -0.000000105. The van der Waals surface area contributed by atoms with Gasteiger partial charge in [-0.15, -0.1) is 0 Å². The smallest absolute Gasteiger partial charge is 0.290 e. The molecule has 0 N–H and O–H groups in total. The van der Waals surface area contributed by atoms with Gasteiger partial charge in [0.05, 0.1) is 6.20 Å². The zero-order valence-corrected chi connectivity index (χ0v) is 49.8. The Morgan fingerprint density at radius 2 is 0.444 bits per heavy atom. The van der Waals surface area contributed by atoms with Crippen LogP contribution in [0.5, 0.6) is 0 Å². The van der Waals surface area contributed by atoms with Crippen LogP contribution in [0.4, 0.5) is 0 Å². The molecule has 7 aromatic heterocycles. The van der Waals surface area contributed by atoms with Crippen molar-refractivity contribution in [3.05, 3.63) is 226 Å². The maximum atomic E-state index is 11.1. The number of hydrogen-bond acceptors (Lipinski definition) is 9. The van der Waals surface area contributed by atoms with Crippen molar-refractivity contribution in [3.63, 3.8) is 0 Å². The summed E-state index contributed by atoms with van der Waals surface area (Å²) in [5.74, 6) is 0. The zero-order valence-electron chi connectivity index (χ0n) is 49.8. The molecular weight excluding hydrogens is 1020 g/mol. The van der Waals surface area contributed by atoms with Crippen LogP contribution in [0.3, 0.4) is 0 Å². The van der Waals surface area contributed by atoms with Gasteiger partial charge in [0.15, 0.2) is 31.0 Å². The highest BCUT2D eigenvalue weighted by Crippen LogP contribution is 2.07. The second kappa shape index (κ2) is 62.3. The van der Waals surface area contributed by atoms with Crippen LogP contribution in [0.25, 0.3) is 55.0 Å². The number of para-hydroxylation sites is 5. The number of hydrogen-bond donors (Lipinski definition) is 0. The lowest BCUT2D eigenvalue weighted by Crippen LogP contribution is -2.36. The first-order chi connectivity index (χ1) is 37.7. The molecule has 0 aliphatic carbocycles. The molecule has 0 aliphatic heterocycles. The van der Waals surface area contributed by atoms with Crippen LogP contribution in [0, 0.1) is 36.5 Å². The summed E-state index contributed by atoms with van der Waals surface area (Å²) in [5, 5.41) is 78.6. The molecule has 0 aliphatic rings. The Hall–Kier alpha value is -8.53. The van der Waals surface area contributed by atoms with Gasteiger partial charge in [-0.1, -0.05) is 205 Å². The van der Waals surface area contributed by atoms with Crippen molar-refractivity contribution >= 4 is 55.0 Å². The Morgan fingerprint density at radius 3 is 0.827 bits per heavy atom. The number of rotatable bonds is 0. The minimum absolute atomic E-state index is 0. The summed E-state index contributed by atoms with van der Waals surface area (Å²) in [5.41, 5.74) is 4.92. The second-order valence-electron chi connectivity index (χ2n) is 11.8. The number of nitrogens with zero attached hydrogens (tertiary/aromatic N) is 9. The van der Waals surface area contributed by atoms with Gasteiger partial charge >= 0.3 is 0 Å². The summed E-state index contributed by atoms with van der Waals surface area (Å²) in [6.45, 7) is 40.0. The number of pyridine rings is 5. The zero-order chi connectivity index (χ0) is 60.1. The van der Waals surface area contributed by atoms with Gasteiger partial charge in [-0.05, 0) is 30.3 Å². The summed E-state index contributed by atoms with van der Waals surface area (Å²) < 4.78 is 5.17. The number of aromatic nitrogens is 9. The van der Waals surface area contributed by atoms with Crippen LogP contribution < -0.4 is 33.1 Å². The molecule has 0 bridgehead atoms. The third-order valence-electron chi connectivity index (χ3n) is 8.12. The summed E-state index contributed by atoms with van der Waals surface area (Å²) in [6, 6.07) is 38.3. The molecule has 16 nitrogen and oxygen atoms in total. The van der Waals surface area contributed by atoms with Crippen LogP contribution in [0.2, 0.25) is 0 Å². The van der Waals surface area contributed by atoms with E-state index in [0.29, 0.717) is 52.0 Å². The molecular formula is C65H107N9O7. The lowest BCUT2D eigenvalue weighted by Gasteiger charge is -2.00. The lowest BCUT2D eigenvalue weighted by atomic mass is 10.2. The monoisotopic (exact) mass is 1130 g/mol. The standard InChI is InChI=1S/C9H7NO.2C8H6N2O2.2C8H6N2O.10C2H6.4CH4/c11-10-7-3-5-8-4-1-2-6-9(8)10;11-9-5-1-3-7-8(9)4-2-6-10(7)12;11-9-5-6-10(12)8-4-2-1-3-7(8)9;11-10-6-2-3-7-8(10)4-1-5-9-7;11-10-6-5-9-7-3-1-2-4-8(7)10;10*1-2;;;;/h1-7H;2*1-6H;2*1-6H;10*1-2H3;4*1H4. The SMILES string of the molecule is C.C.C.C.CC.CC.CC.CC.CC.CC.CC.CC.CC.CC.[O-][n+]1cc[n+]([O-])c2ccccc21.[O-][n+]1cccc2c1ccc[n+]2[O-].[O-][n+]1cccc2ccccc21.[O-][n+]1cccc2ncccc21.[O-][n+]1ccnc2ccccc21. The predicted octanol–water partition coefficient (Wildman–Crippen LogP) is 16.2. The lowest BCUT2D eigenvalue weighted by molar-refractivity contribution is -0.628. The van der Waals surface area contributed by atoms with E-state index in [0.717, 1.165) is 36.1 Å². The van der Waals surface area contributed by atoms with Gasteiger partial charge in [-0.25, -0.2) is 9.97 Å². The molecule has 0 unspecified atom stereocenters. The van der Waals surface area contributed by atoms with Gasteiger partial charge in [-0.2, -0.15) is 33.1 Å². The first kappa shape index (κ1) is 91.9. The van der Waals surface area contributed by atoms with Crippen LogP contribution in [-0.4, -0.2) is 9.97 Å². The molecule has 0 saturated carbocycles. The normalized spacial score (nSPS) is 7.95. The third kappa shape index (κ3) is 32.8. The molecule has 0 saturated heterocycles. The van der Waals surface area contributed by atoms with Gasteiger partial charge in [0.25, 0.3) is 22.1 Å².